The lowest BCUT2D eigenvalue weighted by atomic mass is 9.96. The first-order valence-electron chi connectivity index (χ1n) is 7.81. The lowest BCUT2D eigenvalue weighted by Gasteiger charge is -2.49. The predicted octanol–water partition coefficient (Wildman–Crippen LogP) is 0.785. The van der Waals surface area contributed by atoms with Crippen molar-refractivity contribution in [2.45, 2.75) is 52.7 Å². The second-order valence-corrected chi connectivity index (χ2v) is 6.66. The number of hydrogen-bond acceptors (Lipinski definition) is 5. The summed E-state index contributed by atoms with van der Waals surface area (Å²) in [6.45, 7) is 11.4. The topological polar surface area (TPSA) is 86.9 Å². The Morgan fingerprint density at radius 3 is 2.65 bits per heavy atom. The number of guanidine groups is 1. The van der Waals surface area contributed by atoms with Crippen LogP contribution >= 0.6 is 0 Å². The van der Waals surface area contributed by atoms with Gasteiger partial charge < -0.3 is 19.6 Å². The van der Waals surface area contributed by atoms with Gasteiger partial charge in [-0.1, -0.05) is 5.16 Å². The van der Waals surface area contributed by atoms with Crippen LogP contribution in [0.5, 0.6) is 0 Å². The van der Waals surface area contributed by atoms with Crippen LogP contribution in [0.15, 0.2) is 9.52 Å². The fourth-order valence-electron chi connectivity index (χ4n) is 3.21. The van der Waals surface area contributed by atoms with E-state index in [2.05, 4.69) is 34.3 Å². The number of carbonyl (C=O) groups excluding carboxylic acids is 1. The average Bonchev–Trinajstić information content (AvgIpc) is 2.82. The smallest absolute Gasteiger partial charge is 0.246 e. The molecule has 0 spiro atoms. The lowest BCUT2D eigenvalue weighted by molar-refractivity contribution is -0.145. The molecule has 8 nitrogen and oxygen atoms in total. The molecule has 128 valence electrons. The molecule has 1 saturated heterocycles. The molecule has 0 saturated carbocycles. The third-order valence-corrected chi connectivity index (χ3v) is 3.82. The van der Waals surface area contributed by atoms with Gasteiger partial charge in [-0.15, -0.1) is 0 Å². The summed E-state index contributed by atoms with van der Waals surface area (Å²) in [4.78, 5) is 24.9. The van der Waals surface area contributed by atoms with Crippen LogP contribution in [0.3, 0.4) is 0 Å². The molecule has 1 aliphatic rings. The number of aryl methyl sites for hydroxylation is 1. The Bertz CT molecular complexity index is 593. The summed E-state index contributed by atoms with van der Waals surface area (Å²) in [5, 5.41) is 6.94. The number of carbonyl (C=O) groups is 1. The number of amides is 1. The standard InChI is InChI=1S/C15H26N6O2/c1-10(2)21-13(22)8-20(9-15(21,4)5)14(16-6)17-7-12-18-11(3)19-23-12/h10H,7-9H2,1-6H3,(H,16,17). The number of nitrogens with one attached hydrogen (secondary N) is 1. The van der Waals surface area contributed by atoms with Crippen molar-refractivity contribution in [2.24, 2.45) is 4.99 Å². The maximum atomic E-state index is 12.5. The van der Waals surface area contributed by atoms with E-state index in [0.29, 0.717) is 37.3 Å². The molecule has 2 heterocycles. The summed E-state index contributed by atoms with van der Waals surface area (Å²) in [7, 11) is 1.70. The van der Waals surface area contributed by atoms with Crippen LogP contribution in [0.4, 0.5) is 0 Å². The minimum absolute atomic E-state index is 0.104. The molecule has 1 aromatic rings. The zero-order valence-corrected chi connectivity index (χ0v) is 14.8. The van der Waals surface area contributed by atoms with Crippen LogP contribution in [0.2, 0.25) is 0 Å². The van der Waals surface area contributed by atoms with Gasteiger partial charge in [-0.3, -0.25) is 9.79 Å². The Labute approximate surface area is 136 Å². The first kappa shape index (κ1) is 17.2. The van der Waals surface area contributed by atoms with Crippen molar-refractivity contribution < 1.29 is 9.32 Å². The number of hydrogen-bond donors (Lipinski definition) is 1. The van der Waals surface area contributed by atoms with Crippen molar-refractivity contribution in [3.63, 3.8) is 0 Å². The highest BCUT2D eigenvalue weighted by atomic mass is 16.5. The number of aromatic nitrogens is 2. The van der Waals surface area contributed by atoms with Crippen molar-refractivity contribution in [2.75, 3.05) is 20.1 Å². The second kappa shape index (κ2) is 6.55. The number of aliphatic imine (C=N–C) groups is 1. The van der Waals surface area contributed by atoms with Crippen molar-refractivity contribution in [3.05, 3.63) is 11.7 Å². The van der Waals surface area contributed by atoms with Crippen LogP contribution in [0, 0.1) is 6.92 Å². The van der Waals surface area contributed by atoms with Crippen molar-refractivity contribution in [3.8, 4) is 0 Å². The van der Waals surface area contributed by atoms with Crippen LogP contribution in [0.25, 0.3) is 0 Å². The van der Waals surface area contributed by atoms with E-state index < -0.39 is 0 Å². The number of nitrogens with zero attached hydrogens (tertiary/aromatic N) is 5. The van der Waals surface area contributed by atoms with E-state index in [9.17, 15) is 4.79 Å². The molecule has 1 N–H and O–H groups in total. The van der Waals surface area contributed by atoms with Gasteiger partial charge in [-0.2, -0.15) is 4.98 Å². The fraction of sp³-hybridized carbons (Fsp3) is 0.733. The first-order chi connectivity index (χ1) is 10.7. The van der Waals surface area contributed by atoms with Gasteiger partial charge >= 0.3 is 0 Å². The van der Waals surface area contributed by atoms with E-state index in [1.165, 1.54) is 0 Å². The quantitative estimate of drug-likeness (QED) is 0.654. The lowest BCUT2D eigenvalue weighted by Crippen LogP contribution is -2.66. The molecule has 0 radical (unpaired) electrons. The second-order valence-electron chi connectivity index (χ2n) is 6.66. The molecule has 1 fully saturated rings. The maximum Gasteiger partial charge on any atom is 0.246 e. The zero-order valence-electron chi connectivity index (χ0n) is 14.8. The van der Waals surface area contributed by atoms with Gasteiger partial charge in [0, 0.05) is 19.6 Å². The molecule has 1 amide bonds. The average molecular weight is 322 g/mol. The molecular weight excluding hydrogens is 296 g/mol. The van der Waals surface area contributed by atoms with Gasteiger partial charge in [0.15, 0.2) is 11.8 Å². The highest BCUT2D eigenvalue weighted by molar-refractivity contribution is 5.88. The molecular formula is C15H26N6O2. The Hall–Kier alpha value is -2.12. The van der Waals surface area contributed by atoms with Crippen molar-refractivity contribution >= 4 is 11.9 Å². The third-order valence-electron chi connectivity index (χ3n) is 3.82. The van der Waals surface area contributed by atoms with Crippen LogP contribution < -0.4 is 5.32 Å². The minimum Gasteiger partial charge on any atom is -0.347 e. The molecule has 1 aromatic heterocycles. The van der Waals surface area contributed by atoms with E-state index in [4.69, 9.17) is 4.52 Å². The molecule has 2 rings (SSSR count). The largest absolute Gasteiger partial charge is 0.347 e. The van der Waals surface area contributed by atoms with Gasteiger partial charge in [0.25, 0.3) is 0 Å². The highest BCUT2D eigenvalue weighted by Gasteiger charge is 2.40. The molecule has 0 bridgehead atoms. The monoisotopic (exact) mass is 322 g/mol. The summed E-state index contributed by atoms with van der Waals surface area (Å²) >= 11 is 0. The predicted molar refractivity (Wildman–Crippen MR) is 86.9 cm³/mol. The highest BCUT2D eigenvalue weighted by Crippen LogP contribution is 2.24. The fourth-order valence-corrected chi connectivity index (χ4v) is 3.21. The van der Waals surface area contributed by atoms with Crippen molar-refractivity contribution in [1.29, 1.82) is 0 Å². The van der Waals surface area contributed by atoms with Crippen LogP contribution in [-0.4, -0.2) is 63.5 Å². The molecule has 0 aromatic carbocycles. The van der Waals surface area contributed by atoms with E-state index in [1.54, 1.807) is 14.0 Å². The van der Waals surface area contributed by atoms with Gasteiger partial charge in [-0.25, -0.2) is 0 Å². The Kier molecular flexibility index (Phi) is 4.91. The van der Waals surface area contributed by atoms with Gasteiger partial charge in [-0.05, 0) is 34.6 Å². The van der Waals surface area contributed by atoms with Gasteiger partial charge in [0.05, 0.1) is 18.6 Å². The summed E-state index contributed by atoms with van der Waals surface area (Å²) in [6, 6.07) is 0.177. The summed E-state index contributed by atoms with van der Waals surface area (Å²) in [5.74, 6) is 1.85. The van der Waals surface area contributed by atoms with E-state index in [0.717, 1.165) is 0 Å². The Morgan fingerprint density at radius 2 is 2.17 bits per heavy atom. The summed E-state index contributed by atoms with van der Waals surface area (Å²) < 4.78 is 5.08. The molecule has 0 unspecified atom stereocenters. The van der Waals surface area contributed by atoms with Gasteiger partial charge in [0.1, 0.15) is 0 Å². The SMILES string of the molecule is CN=C(NCc1nc(C)no1)N1CC(=O)N(C(C)C)C(C)(C)C1. The molecule has 0 aliphatic carbocycles. The van der Waals surface area contributed by atoms with Crippen LogP contribution in [-0.2, 0) is 11.3 Å². The van der Waals surface area contributed by atoms with Crippen molar-refractivity contribution in [1.82, 2.24) is 25.3 Å². The minimum atomic E-state index is -0.262. The van der Waals surface area contributed by atoms with Crippen LogP contribution in [0.1, 0.15) is 39.4 Å². The van der Waals surface area contributed by atoms with Gasteiger partial charge in [0.2, 0.25) is 11.8 Å². The molecule has 23 heavy (non-hydrogen) atoms. The number of rotatable bonds is 3. The maximum absolute atomic E-state index is 12.5. The molecule has 0 atom stereocenters. The normalized spacial score (nSPS) is 18.7. The zero-order chi connectivity index (χ0) is 17.2. The third kappa shape index (κ3) is 3.80. The Morgan fingerprint density at radius 1 is 1.48 bits per heavy atom. The summed E-state index contributed by atoms with van der Waals surface area (Å²) in [6.07, 6.45) is 0. The van der Waals surface area contributed by atoms with E-state index in [1.807, 2.05) is 23.6 Å². The Balaban J connectivity index is 2.06. The summed E-state index contributed by atoms with van der Waals surface area (Å²) in [5.41, 5.74) is -0.262. The van der Waals surface area contributed by atoms with E-state index >= 15 is 0 Å². The molecule has 8 heteroatoms. The van der Waals surface area contributed by atoms with E-state index in [-0.39, 0.29) is 17.5 Å². The first-order valence-corrected chi connectivity index (χ1v) is 7.81. The number of piperazine rings is 1. The molecule has 1 aliphatic heterocycles.